The van der Waals surface area contributed by atoms with Crippen LogP contribution in [0.25, 0.3) is 0 Å². The minimum atomic E-state index is -0.576. The van der Waals surface area contributed by atoms with Gasteiger partial charge in [0.15, 0.2) is 18.1 Å². The number of halogens is 1. The molecule has 1 atom stereocenters. The molecule has 0 radical (unpaired) electrons. The highest BCUT2D eigenvalue weighted by molar-refractivity contribution is 7.09. The van der Waals surface area contributed by atoms with Crippen LogP contribution < -0.4 is 20.5 Å². The summed E-state index contributed by atoms with van der Waals surface area (Å²) in [7, 11) is 1.52. The number of aromatic nitrogens is 1. The number of benzene rings is 1. The monoisotopic (exact) mass is 383 g/mol. The van der Waals surface area contributed by atoms with Crippen LogP contribution in [-0.2, 0) is 11.3 Å². The van der Waals surface area contributed by atoms with Crippen molar-refractivity contribution in [2.45, 2.75) is 32.9 Å². The molecule has 0 saturated heterocycles. The lowest BCUT2D eigenvalue weighted by Crippen LogP contribution is -2.21. The summed E-state index contributed by atoms with van der Waals surface area (Å²) in [6, 6.07) is 3.79. The van der Waals surface area contributed by atoms with E-state index in [9.17, 15) is 4.79 Å². The fourth-order valence-electron chi connectivity index (χ4n) is 2.34. The van der Waals surface area contributed by atoms with Crippen LogP contribution in [0, 0.1) is 6.92 Å². The van der Waals surface area contributed by atoms with E-state index in [0.29, 0.717) is 23.1 Å². The summed E-state index contributed by atoms with van der Waals surface area (Å²) in [4.78, 5) is 15.4. The van der Waals surface area contributed by atoms with Crippen LogP contribution in [-0.4, -0.2) is 24.6 Å². The van der Waals surface area contributed by atoms with E-state index >= 15 is 0 Å². The molecule has 0 spiro atoms. The van der Waals surface area contributed by atoms with Crippen molar-refractivity contribution in [3.05, 3.63) is 38.8 Å². The van der Waals surface area contributed by atoms with Crippen LogP contribution in [0.5, 0.6) is 11.5 Å². The van der Waals surface area contributed by atoms with Crippen molar-refractivity contribution in [2.24, 2.45) is 5.73 Å². The molecule has 3 N–H and O–H groups in total. The predicted molar refractivity (Wildman–Crippen MR) is 99.4 cm³/mol. The van der Waals surface area contributed by atoms with E-state index in [1.807, 2.05) is 18.4 Å². The van der Waals surface area contributed by atoms with Gasteiger partial charge < -0.3 is 20.5 Å². The van der Waals surface area contributed by atoms with Crippen LogP contribution >= 0.6 is 22.9 Å². The SMILES string of the molecule is CCC(NCc1cc(Cl)c(OCC(N)=O)c(OC)c1)c1nc(C)cs1. The van der Waals surface area contributed by atoms with E-state index in [1.54, 1.807) is 17.4 Å². The molecule has 0 aliphatic heterocycles. The quantitative estimate of drug-likeness (QED) is 0.694. The first-order valence-electron chi connectivity index (χ1n) is 7.87. The molecule has 0 aliphatic rings. The normalized spacial score (nSPS) is 12.0. The third kappa shape index (κ3) is 5.32. The van der Waals surface area contributed by atoms with Crippen molar-refractivity contribution in [3.63, 3.8) is 0 Å². The first-order valence-corrected chi connectivity index (χ1v) is 9.13. The number of primary amides is 1. The average molecular weight is 384 g/mol. The van der Waals surface area contributed by atoms with Crippen molar-refractivity contribution in [1.82, 2.24) is 10.3 Å². The summed E-state index contributed by atoms with van der Waals surface area (Å²) in [5, 5.41) is 6.97. The summed E-state index contributed by atoms with van der Waals surface area (Å²) in [5.74, 6) is 0.200. The maximum Gasteiger partial charge on any atom is 0.255 e. The van der Waals surface area contributed by atoms with E-state index in [2.05, 4.69) is 17.2 Å². The van der Waals surface area contributed by atoms with Gasteiger partial charge in [-0.2, -0.15) is 0 Å². The van der Waals surface area contributed by atoms with Crippen molar-refractivity contribution < 1.29 is 14.3 Å². The minimum Gasteiger partial charge on any atom is -0.493 e. The molecule has 1 heterocycles. The molecular weight excluding hydrogens is 362 g/mol. The maximum absolute atomic E-state index is 10.9. The first kappa shape index (κ1) is 19.5. The number of nitrogens with zero attached hydrogens (tertiary/aromatic N) is 1. The first-order chi connectivity index (χ1) is 11.9. The molecule has 6 nitrogen and oxygen atoms in total. The van der Waals surface area contributed by atoms with Gasteiger partial charge in [-0.1, -0.05) is 18.5 Å². The summed E-state index contributed by atoms with van der Waals surface area (Å²) in [5.41, 5.74) is 7.08. The van der Waals surface area contributed by atoms with Gasteiger partial charge in [-0.25, -0.2) is 4.98 Å². The Bertz CT molecular complexity index is 736. The highest BCUT2D eigenvalue weighted by Gasteiger charge is 2.16. The largest absolute Gasteiger partial charge is 0.493 e. The van der Waals surface area contributed by atoms with Gasteiger partial charge in [-0.3, -0.25) is 4.79 Å². The number of hydrogen-bond acceptors (Lipinski definition) is 6. The lowest BCUT2D eigenvalue weighted by Gasteiger charge is -2.17. The van der Waals surface area contributed by atoms with Gasteiger partial charge in [0.05, 0.1) is 18.2 Å². The van der Waals surface area contributed by atoms with E-state index < -0.39 is 5.91 Å². The van der Waals surface area contributed by atoms with Crippen molar-refractivity contribution in [2.75, 3.05) is 13.7 Å². The third-order valence-corrected chi connectivity index (χ3v) is 4.90. The molecule has 0 bridgehead atoms. The number of methoxy groups -OCH3 is 1. The molecule has 1 unspecified atom stereocenters. The van der Waals surface area contributed by atoms with E-state index in [4.69, 9.17) is 26.8 Å². The van der Waals surface area contributed by atoms with Crippen LogP contribution in [0.15, 0.2) is 17.5 Å². The summed E-state index contributed by atoms with van der Waals surface area (Å²) < 4.78 is 10.7. The number of rotatable bonds is 9. The Morgan fingerprint density at radius 3 is 2.80 bits per heavy atom. The van der Waals surface area contributed by atoms with Gasteiger partial charge in [0.2, 0.25) is 0 Å². The second-order valence-corrected chi connectivity index (χ2v) is 6.83. The fourth-order valence-corrected chi connectivity index (χ4v) is 3.58. The molecule has 8 heteroatoms. The Morgan fingerprint density at radius 1 is 1.48 bits per heavy atom. The highest BCUT2D eigenvalue weighted by atomic mass is 35.5. The Hall–Kier alpha value is -1.83. The maximum atomic E-state index is 10.9. The van der Waals surface area contributed by atoms with Crippen molar-refractivity contribution >= 4 is 28.8 Å². The average Bonchev–Trinajstić information content (AvgIpc) is 3.00. The highest BCUT2D eigenvalue weighted by Crippen LogP contribution is 2.36. The number of nitrogens with one attached hydrogen (secondary N) is 1. The zero-order valence-corrected chi connectivity index (χ0v) is 16.0. The molecule has 25 heavy (non-hydrogen) atoms. The number of hydrogen-bond donors (Lipinski definition) is 2. The molecular formula is C17H22ClN3O3S. The number of amides is 1. The zero-order chi connectivity index (χ0) is 18.4. The second kappa shape index (κ2) is 9.03. The van der Waals surface area contributed by atoms with Crippen LogP contribution in [0.3, 0.4) is 0 Å². The van der Waals surface area contributed by atoms with E-state index in [0.717, 1.165) is 22.7 Å². The smallest absolute Gasteiger partial charge is 0.255 e. The molecule has 0 saturated carbocycles. The topological polar surface area (TPSA) is 86.5 Å². The Balaban J connectivity index is 2.11. The molecule has 0 fully saturated rings. The lowest BCUT2D eigenvalue weighted by atomic mass is 10.1. The number of aryl methyl sites for hydroxylation is 1. The van der Waals surface area contributed by atoms with Gasteiger partial charge in [-0.15, -0.1) is 11.3 Å². The minimum absolute atomic E-state index is 0.175. The van der Waals surface area contributed by atoms with Gasteiger partial charge in [0.1, 0.15) is 5.01 Å². The molecule has 1 aromatic carbocycles. The van der Waals surface area contributed by atoms with Gasteiger partial charge in [0, 0.05) is 17.6 Å². The Labute approximate surface area is 156 Å². The zero-order valence-electron chi connectivity index (χ0n) is 14.5. The van der Waals surface area contributed by atoms with Gasteiger partial charge >= 0.3 is 0 Å². The van der Waals surface area contributed by atoms with Gasteiger partial charge in [-0.05, 0) is 31.0 Å². The standard InChI is InChI=1S/C17H22ClN3O3S/c1-4-13(17-21-10(2)9-25-17)20-7-11-5-12(18)16(14(6-11)23-3)24-8-15(19)22/h5-6,9,13,20H,4,7-8H2,1-3H3,(H2,19,22). The second-order valence-electron chi connectivity index (χ2n) is 5.53. The number of carbonyl (C=O) groups is 1. The molecule has 1 aromatic heterocycles. The van der Waals surface area contributed by atoms with Crippen LogP contribution in [0.2, 0.25) is 5.02 Å². The molecule has 2 aromatic rings. The summed E-state index contributed by atoms with van der Waals surface area (Å²) in [6.45, 7) is 4.45. The van der Waals surface area contributed by atoms with E-state index in [1.165, 1.54) is 7.11 Å². The lowest BCUT2D eigenvalue weighted by molar-refractivity contribution is -0.119. The third-order valence-electron chi connectivity index (χ3n) is 3.54. The number of carbonyl (C=O) groups excluding carboxylic acids is 1. The molecule has 0 aliphatic carbocycles. The Morgan fingerprint density at radius 2 is 2.24 bits per heavy atom. The molecule has 2 rings (SSSR count). The number of thiazole rings is 1. The molecule has 1 amide bonds. The fraction of sp³-hybridized carbons (Fsp3) is 0.412. The van der Waals surface area contributed by atoms with Gasteiger partial charge in [0.25, 0.3) is 5.91 Å². The summed E-state index contributed by atoms with van der Waals surface area (Å²) in [6.07, 6.45) is 0.928. The number of ether oxygens (including phenoxy) is 2. The van der Waals surface area contributed by atoms with Crippen LogP contribution in [0.4, 0.5) is 0 Å². The number of nitrogens with two attached hydrogens (primary N) is 1. The molecule has 136 valence electrons. The Kier molecular flexibility index (Phi) is 7.04. The predicted octanol–water partition coefficient (Wildman–Crippen LogP) is 3.22. The van der Waals surface area contributed by atoms with Crippen molar-refractivity contribution in [3.8, 4) is 11.5 Å². The summed E-state index contributed by atoms with van der Waals surface area (Å²) >= 11 is 7.92. The van der Waals surface area contributed by atoms with E-state index in [-0.39, 0.29) is 12.6 Å². The van der Waals surface area contributed by atoms with Crippen molar-refractivity contribution in [1.29, 1.82) is 0 Å². The van der Waals surface area contributed by atoms with Crippen LogP contribution in [0.1, 0.15) is 35.7 Å².